The Balaban J connectivity index is 1.71. The van der Waals surface area contributed by atoms with Crippen LogP contribution >= 0.6 is 15.9 Å². The van der Waals surface area contributed by atoms with Gasteiger partial charge in [-0.3, -0.25) is 4.79 Å². The summed E-state index contributed by atoms with van der Waals surface area (Å²) >= 11 is 3.43. The predicted octanol–water partition coefficient (Wildman–Crippen LogP) is 5.26. The van der Waals surface area contributed by atoms with Crippen LogP contribution < -0.4 is 10.1 Å². The molecule has 0 bridgehead atoms. The molecule has 24 heavy (non-hydrogen) atoms. The Kier molecular flexibility index (Phi) is 4.96. The second-order valence-corrected chi connectivity index (χ2v) is 6.13. The van der Waals surface area contributed by atoms with Crippen molar-refractivity contribution < 1.29 is 9.53 Å². The van der Waals surface area contributed by atoms with Crippen molar-refractivity contribution in [3.8, 4) is 5.75 Å². The quantitative estimate of drug-likeness (QED) is 0.625. The van der Waals surface area contributed by atoms with Gasteiger partial charge in [-0.2, -0.15) is 0 Å². The van der Waals surface area contributed by atoms with Gasteiger partial charge < -0.3 is 10.1 Å². The van der Waals surface area contributed by atoms with E-state index in [-0.39, 0.29) is 5.91 Å². The van der Waals surface area contributed by atoms with Crippen LogP contribution in [0.2, 0.25) is 0 Å². The van der Waals surface area contributed by atoms with Crippen molar-refractivity contribution in [2.75, 3.05) is 12.4 Å². The Morgan fingerprint density at radius 2 is 1.83 bits per heavy atom. The lowest BCUT2D eigenvalue weighted by Crippen LogP contribution is -2.07. The number of benzene rings is 3. The molecule has 3 rings (SSSR count). The van der Waals surface area contributed by atoms with E-state index in [1.807, 2.05) is 60.7 Å². The minimum atomic E-state index is -0.169. The largest absolute Gasteiger partial charge is 0.496 e. The first-order valence-corrected chi connectivity index (χ1v) is 8.26. The molecule has 0 spiro atoms. The summed E-state index contributed by atoms with van der Waals surface area (Å²) in [5.74, 6) is 0.588. The summed E-state index contributed by atoms with van der Waals surface area (Å²) in [7, 11) is 1.62. The Hall–Kier alpha value is -2.59. The molecule has 3 aromatic rings. The summed E-state index contributed by atoms with van der Waals surface area (Å²) in [5.41, 5.74) is 1.69. The Bertz CT molecular complexity index is 918. The van der Waals surface area contributed by atoms with E-state index in [0.717, 1.165) is 32.2 Å². The number of hydrogen-bond donors (Lipinski definition) is 1. The van der Waals surface area contributed by atoms with Crippen LogP contribution in [-0.2, 0) is 4.79 Å². The third-order valence-corrected chi connectivity index (χ3v) is 4.24. The zero-order valence-corrected chi connectivity index (χ0v) is 14.7. The molecule has 3 aromatic carbocycles. The Morgan fingerprint density at radius 3 is 2.58 bits per heavy atom. The molecule has 0 atom stereocenters. The van der Waals surface area contributed by atoms with Gasteiger partial charge in [0.25, 0.3) is 0 Å². The number of amides is 1. The van der Waals surface area contributed by atoms with Gasteiger partial charge in [-0.05, 0) is 62.6 Å². The lowest BCUT2D eigenvalue weighted by atomic mass is 10.1. The zero-order valence-electron chi connectivity index (χ0n) is 13.1. The van der Waals surface area contributed by atoms with E-state index in [4.69, 9.17) is 4.74 Å². The fourth-order valence-electron chi connectivity index (χ4n) is 2.41. The molecule has 0 saturated heterocycles. The number of nitrogens with one attached hydrogen (secondary N) is 1. The smallest absolute Gasteiger partial charge is 0.248 e. The van der Waals surface area contributed by atoms with Crippen LogP contribution in [0.25, 0.3) is 16.8 Å². The molecule has 0 heterocycles. The maximum Gasteiger partial charge on any atom is 0.248 e. The molecule has 1 amide bonds. The summed E-state index contributed by atoms with van der Waals surface area (Å²) in [6.07, 6.45) is 3.28. The molecule has 0 aliphatic rings. The molecule has 120 valence electrons. The molecule has 0 aliphatic heterocycles. The lowest BCUT2D eigenvalue weighted by molar-refractivity contribution is -0.111. The molecule has 3 nitrogen and oxygen atoms in total. The Morgan fingerprint density at radius 1 is 1.04 bits per heavy atom. The molecular formula is C20H16BrNO2. The highest BCUT2D eigenvalue weighted by Crippen LogP contribution is 2.26. The summed E-state index contributed by atoms with van der Waals surface area (Å²) in [4.78, 5) is 12.1. The van der Waals surface area contributed by atoms with Gasteiger partial charge in [-0.1, -0.05) is 36.4 Å². The highest BCUT2D eigenvalue weighted by atomic mass is 79.9. The number of carbonyl (C=O) groups is 1. The standard InChI is InChI=1S/C20H16BrNO2/c1-24-19-10-6-14(12-18(19)21)7-11-20(23)22-17-9-8-15-4-2-3-5-16(15)13-17/h2-13H,1H3,(H,22,23). The van der Waals surface area contributed by atoms with E-state index in [1.165, 1.54) is 6.08 Å². The van der Waals surface area contributed by atoms with Gasteiger partial charge >= 0.3 is 0 Å². The second-order valence-electron chi connectivity index (χ2n) is 5.28. The maximum atomic E-state index is 12.1. The second kappa shape index (κ2) is 7.32. The number of hydrogen-bond acceptors (Lipinski definition) is 2. The van der Waals surface area contributed by atoms with Gasteiger partial charge in [0.2, 0.25) is 5.91 Å². The van der Waals surface area contributed by atoms with Crippen molar-refractivity contribution in [1.82, 2.24) is 0 Å². The molecule has 0 radical (unpaired) electrons. The number of ether oxygens (including phenoxy) is 1. The molecule has 1 N–H and O–H groups in total. The lowest BCUT2D eigenvalue weighted by Gasteiger charge is -2.05. The third kappa shape index (κ3) is 3.84. The topological polar surface area (TPSA) is 38.3 Å². The molecule has 0 aromatic heterocycles. The van der Waals surface area contributed by atoms with Crippen molar-refractivity contribution in [2.45, 2.75) is 0 Å². The van der Waals surface area contributed by atoms with E-state index in [1.54, 1.807) is 13.2 Å². The van der Waals surface area contributed by atoms with E-state index in [2.05, 4.69) is 21.2 Å². The molecular weight excluding hydrogens is 366 g/mol. The van der Waals surface area contributed by atoms with Crippen molar-refractivity contribution in [2.24, 2.45) is 0 Å². The average Bonchev–Trinajstić information content (AvgIpc) is 2.60. The fraction of sp³-hybridized carbons (Fsp3) is 0.0500. The number of anilines is 1. The normalized spacial score (nSPS) is 10.9. The Labute approximate surface area is 149 Å². The summed E-state index contributed by atoms with van der Waals surface area (Å²) < 4.78 is 6.04. The predicted molar refractivity (Wildman–Crippen MR) is 102 cm³/mol. The van der Waals surface area contributed by atoms with Crippen LogP contribution in [0, 0.1) is 0 Å². The van der Waals surface area contributed by atoms with Crippen molar-refractivity contribution in [3.05, 3.63) is 76.8 Å². The molecule has 4 heteroatoms. The van der Waals surface area contributed by atoms with Crippen LogP contribution in [0.1, 0.15) is 5.56 Å². The maximum absolute atomic E-state index is 12.1. The number of carbonyl (C=O) groups excluding carboxylic acids is 1. The van der Waals surface area contributed by atoms with Crippen LogP contribution in [0.15, 0.2) is 71.2 Å². The summed E-state index contributed by atoms with van der Waals surface area (Å²) in [6.45, 7) is 0. The van der Waals surface area contributed by atoms with Gasteiger partial charge in [0.15, 0.2) is 0 Å². The minimum absolute atomic E-state index is 0.169. The van der Waals surface area contributed by atoms with Gasteiger partial charge in [0.05, 0.1) is 11.6 Å². The van der Waals surface area contributed by atoms with E-state index < -0.39 is 0 Å². The van der Waals surface area contributed by atoms with Crippen LogP contribution in [0.3, 0.4) is 0 Å². The summed E-state index contributed by atoms with van der Waals surface area (Å²) in [5, 5.41) is 5.12. The van der Waals surface area contributed by atoms with E-state index in [9.17, 15) is 4.79 Å². The first-order valence-electron chi connectivity index (χ1n) is 7.47. The zero-order chi connectivity index (χ0) is 16.9. The fourth-order valence-corrected chi connectivity index (χ4v) is 2.97. The van der Waals surface area contributed by atoms with Gasteiger partial charge in [-0.15, -0.1) is 0 Å². The average molecular weight is 382 g/mol. The first kappa shape index (κ1) is 16.3. The molecule has 0 fully saturated rings. The number of fused-ring (bicyclic) bond motifs is 1. The van der Waals surface area contributed by atoms with Gasteiger partial charge in [0.1, 0.15) is 5.75 Å². The van der Waals surface area contributed by atoms with E-state index in [0.29, 0.717) is 0 Å². The molecule has 0 aliphatic carbocycles. The van der Waals surface area contributed by atoms with E-state index >= 15 is 0 Å². The first-order chi connectivity index (χ1) is 11.7. The number of rotatable bonds is 4. The number of methoxy groups -OCH3 is 1. The highest BCUT2D eigenvalue weighted by molar-refractivity contribution is 9.10. The van der Waals surface area contributed by atoms with Crippen LogP contribution in [-0.4, -0.2) is 13.0 Å². The van der Waals surface area contributed by atoms with Crippen LogP contribution in [0.4, 0.5) is 5.69 Å². The van der Waals surface area contributed by atoms with Gasteiger partial charge in [0, 0.05) is 11.8 Å². The molecule has 0 unspecified atom stereocenters. The highest BCUT2D eigenvalue weighted by Gasteiger charge is 2.02. The third-order valence-electron chi connectivity index (χ3n) is 3.62. The number of halogens is 1. The van der Waals surface area contributed by atoms with Crippen molar-refractivity contribution in [1.29, 1.82) is 0 Å². The van der Waals surface area contributed by atoms with Gasteiger partial charge in [-0.25, -0.2) is 0 Å². The van der Waals surface area contributed by atoms with Crippen molar-refractivity contribution >= 4 is 44.4 Å². The van der Waals surface area contributed by atoms with Crippen molar-refractivity contribution in [3.63, 3.8) is 0 Å². The minimum Gasteiger partial charge on any atom is -0.496 e. The SMILES string of the molecule is COc1ccc(C=CC(=O)Nc2ccc3ccccc3c2)cc1Br. The summed E-state index contributed by atoms with van der Waals surface area (Å²) in [6, 6.07) is 19.6. The van der Waals surface area contributed by atoms with Crippen LogP contribution in [0.5, 0.6) is 5.75 Å². The molecule has 0 saturated carbocycles. The monoisotopic (exact) mass is 381 g/mol.